The highest BCUT2D eigenvalue weighted by Crippen LogP contribution is 2.69. The van der Waals surface area contributed by atoms with Gasteiger partial charge in [0.15, 0.2) is 16.1 Å². The van der Waals surface area contributed by atoms with Crippen LogP contribution in [0.15, 0.2) is 90.0 Å². The van der Waals surface area contributed by atoms with Crippen LogP contribution >= 0.6 is 21.6 Å². The molecule has 1 spiro atoms. The molecule has 46 heavy (non-hydrogen) atoms. The molecule has 5 aliphatic rings. The second-order valence-corrected chi connectivity index (χ2v) is 16.1. The number of piperazine rings is 1. The fraction of sp³-hybridized carbons (Fsp3) is 0.290. The molecular weight excluding hydrogens is 647 g/mol. The van der Waals surface area contributed by atoms with Gasteiger partial charge in [0.2, 0.25) is 0 Å². The number of carbonyl (C=O) groups is 2. The number of aromatic nitrogens is 3. The Morgan fingerprint density at radius 1 is 1.02 bits per heavy atom. The number of aryl methyl sites for hydroxylation is 1. The summed E-state index contributed by atoms with van der Waals surface area (Å²) in [5, 5.41) is 7.00. The molecule has 0 aliphatic carbocycles. The van der Waals surface area contributed by atoms with Crippen LogP contribution in [-0.4, -0.2) is 75.1 Å². The van der Waals surface area contributed by atoms with Crippen LogP contribution < -0.4 is 14.8 Å². The zero-order chi connectivity index (χ0) is 31.8. The number of rotatable bonds is 8. The fourth-order valence-electron chi connectivity index (χ4n) is 7.23. The third kappa shape index (κ3) is 3.97. The standard InChI is InChI=1S/C31H29N7O5S3/c1-35-27-26(39)37-28-30(19-31(37,29(35)40)45-44-27,20-12-14-21(15-13-20)43-17-7-16-36-18-25(32)33-34-36)23-10-5-6-11-24(23)38(28)46(41,42)22-8-3-2-4-9-22/h2-6,8-15,18,27-28H,7,16-17,19,32H2,1H3/t27-,28-,30-,31-/m0/s1. The van der Waals surface area contributed by atoms with Crippen LogP contribution in [0.5, 0.6) is 5.75 Å². The minimum absolute atomic E-state index is 0.110. The van der Waals surface area contributed by atoms with E-state index in [1.54, 1.807) is 65.3 Å². The molecule has 0 saturated carbocycles. The maximum Gasteiger partial charge on any atom is 0.266 e. The van der Waals surface area contributed by atoms with Crippen LogP contribution in [0.2, 0.25) is 0 Å². The summed E-state index contributed by atoms with van der Waals surface area (Å²) in [6.07, 6.45) is 1.55. The number of para-hydroxylation sites is 1. The van der Waals surface area contributed by atoms with Gasteiger partial charge in [0, 0.05) is 26.4 Å². The molecule has 4 aromatic rings. The van der Waals surface area contributed by atoms with E-state index in [-0.39, 0.29) is 23.1 Å². The number of hydrogen-bond donors (Lipinski definition) is 1. The van der Waals surface area contributed by atoms with Crippen molar-refractivity contribution in [2.45, 2.75) is 46.1 Å². The first-order valence-electron chi connectivity index (χ1n) is 14.7. The van der Waals surface area contributed by atoms with Crippen LogP contribution in [0.3, 0.4) is 0 Å². The molecule has 236 valence electrons. The topological polar surface area (TPSA) is 144 Å². The van der Waals surface area contributed by atoms with Crippen LogP contribution in [-0.2, 0) is 31.6 Å². The minimum atomic E-state index is -4.17. The summed E-state index contributed by atoms with van der Waals surface area (Å²) in [5.41, 5.74) is 6.64. The fourth-order valence-corrected chi connectivity index (χ4v) is 12.4. The Balaban J connectivity index is 1.23. The van der Waals surface area contributed by atoms with Gasteiger partial charge in [0.25, 0.3) is 21.8 Å². The number of nitrogens with zero attached hydrogens (tertiary/aromatic N) is 6. The molecular formula is C31H29N7O5S3. The van der Waals surface area contributed by atoms with Gasteiger partial charge in [-0.05, 0) is 41.5 Å². The molecule has 9 rings (SSSR count). The molecule has 4 fully saturated rings. The molecule has 0 radical (unpaired) electrons. The van der Waals surface area contributed by atoms with Gasteiger partial charge in [-0.15, -0.1) is 5.10 Å². The molecule has 5 aliphatic heterocycles. The number of benzene rings is 3. The highest BCUT2D eigenvalue weighted by molar-refractivity contribution is 8.78. The zero-order valence-corrected chi connectivity index (χ0v) is 27.0. The predicted octanol–water partition coefficient (Wildman–Crippen LogP) is 3.27. The predicted molar refractivity (Wildman–Crippen MR) is 174 cm³/mol. The average molecular weight is 676 g/mol. The van der Waals surface area contributed by atoms with Crippen molar-refractivity contribution in [1.82, 2.24) is 24.8 Å². The van der Waals surface area contributed by atoms with Gasteiger partial charge in [0.05, 0.1) is 28.8 Å². The molecule has 4 atom stereocenters. The first-order chi connectivity index (χ1) is 22.2. The lowest BCUT2D eigenvalue weighted by molar-refractivity contribution is -0.158. The second kappa shape index (κ2) is 10.4. The van der Waals surface area contributed by atoms with Crippen molar-refractivity contribution in [1.29, 1.82) is 0 Å². The van der Waals surface area contributed by atoms with Crippen LogP contribution in [0.1, 0.15) is 24.0 Å². The quantitative estimate of drug-likeness (QED) is 0.218. The van der Waals surface area contributed by atoms with Crippen LogP contribution in [0.25, 0.3) is 0 Å². The second-order valence-electron chi connectivity index (χ2n) is 11.7. The Bertz CT molecular complexity index is 1980. The lowest BCUT2D eigenvalue weighted by Gasteiger charge is -2.53. The SMILES string of the molecule is CN1C(=O)[C@@]23C[C@]4(c5ccc(OCCCn6cc(N)nn6)cc5)c5ccccc5N(S(=O)(=O)c5ccccc5)[C@@H]4N2C(=O)[C@@H]1SS3. The number of hydrogen-bond acceptors (Lipinski definition) is 10. The van der Waals surface area contributed by atoms with Gasteiger partial charge < -0.3 is 15.4 Å². The van der Waals surface area contributed by atoms with E-state index in [1.807, 2.05) is 36.4 Å². The van der Waals surface area contributed by atoms with E-state index < -0.39 is 31.8 Å². The van der Waals surface area contributed by atoms with E-state index in [9.17, 15) is 18.0 Å². The molecule has 6 heterocycles. The first-order valence-corrected chi connectivity index (χ1v) is 18.4. The van der Waals surface area contributed by atoms with Crippen molar-refractivity contribution in [3.05, 3.63) is 96.2 Å². The largest absolute Gasteiger partial charge is 0.494 e. The number of ether oxygens (including phenoxy) is 1. The van der Waals surface area contributed by atoms with E-state index in [1.165, 1.54) is 30.8 Å². The number of sulfonamides is 1. The lowest BCUT2D eigenvalue weighted by atomic mass is 9.72. The molecule has 2 amide bonds. The van der Waals surface area contributed by atoms with Crippen molar-refractivity contribution in [2.24, 2.45) is 0 Å². The van der Waals surface area contributed by atoms with Crippen LogP contribution in [0.4, 0.5) is 11.5 Å². The minimum Gasteiger partial charge on any atom is -0.494 e. The smallest absolute Gasteiger partial charge is 0.266 e. The van der Waals surface area contributed by atoms with Crippen molar-refractivity contribution >= 4 is 54.9 Å². The molecule has 2 N–H and O–H groups in total. The van der Waals surface area contributed by atoms with Crippen LogP contribution in [0, 0.1) is 0 Å². The molecule has 15 heteroatoms. The number of likely N-dealkylation sites (N-methyl/N-ethyl adjacent to an activating group) is 1. The van der Waals surface area contributed by atoms with Gasteiger partial charge in [0.1, 0.15) is 11.9 Å². The maximum absolute atomic E-state index is 14.6. The van der Waals surface area contributed by atoms with E-state index in [0.717, 1.165) is 11.1 Å². The maximum atomic E-state index is 14.6. The first kappa shape index (κ1) is 29.2. The summed E-state index contributed by atoms with van der Waals surface area (Å²) in [6, 6.07) is 23.2. The molecule has 12 nitrogen and oxygen atoms in total. The van der Waals surface area contributed by atoms with E-state index in [0.29, 0.717) is 36.8 Å². The van der Waals surface area contributed by atoms with Crippen molar-refractivity contribution < 1.29 is 22.7 Å². The van der Waals surface area contributed by atoms with Crippen molar-refractivity contribution in [2.75, 3.05) is 23.7 Å². The van der Waals surface area contributed by atoms with E-state index >= 15 is 0 Å². The molecule has 4 saturated heterocycles. The summed E-state index contributed by atoms with van der Waals surface area (Å²) in [5.74, 6) is 0.535. The van der Waals surface area contributed by atoms with Gasteiger partial charge >= 0.3 is 0 Å². The van der Waals surface area contributed by atoms with Gasteiger partial charge in [-0.2, -0.15) is 0 Å². The van der Waals surface area contributed by atoms with E-state index in [2.05, 4.69) is 10.3 Å². The molecule has 3 aromatic carbocycles. The Morgan fingerprint density at radius 3 is 2.50 bits per heavy atom. The lowest BCUT2D eigenvalue weighted by Crippen LogP contribution is -2.72. The monoisotopic (exact) mass is 675 g/mol. The Hall–Kier alpha value is -4.21. The number of nitrogens with two attached hydrogens (primary N) is 1. The summed E-state index contributed by atoms with van der Waals surface area (Å²) < 4.78 is 38.2. The normalized spacial score (nSPS) is 26.3. The third-order valence-corrected chi connectivity index (χ3v) is 14.2. The Morgan fingerprint density at radius 2 is 1.76 bits per heavy atom. The Labute approximate surface area is 273 Å². The highest BCUT2D eigenvalue weighted by Gasteiger charge is 2.77. The zero-order valence-electron chi connectivity index (χ0n) is 24.6. The summed E-state index contributed by atoms with van der Waals surface area (Å²) in [4.78, 5) is 30.2. The molecule has 2 bridgehead atoms. The van der Waals surface area contributed by atoms with Gasteiger partial charge in [-0.25, -0.2) is 12.7 Å². The summed E-state index contributed by atoms with van der Waals surface area (Å²) in [6.45, 7) is 1.03. The molecule has 0 unspecified atom stereocenters. The number of anilines is 2. The number of amides is 2. The number of fused-ring (bicyclic) bond motifs is 5. The highest BCUT2D eigenvalue weighted by atomic mass is 33.1. The van der Waals surface area contributed by atoms with Crippen molar-refractivity contribution in [3.8, 4) is 5.75 Å². The third-order valence-electron chi connectivity index (χ3n) is 9.20. The van der Waals surface area contributed by atoms with Crippen molar-refractivity contribution in [3.63, 3.8) is 0 Å². The summed E-state index contributed by atoms with van der Waals surface area (Å²) in [7, 11) is 0.198. The van der Waals surface area contributed by atoms with E-state index in [4.69, 9.17) is 10.5 Å². The number of carbonyl (C=O) groups excluding carboxylic acids is 2. The van der Waals surface area contributed by atoms with Gasteiger partial charge in [-0.1, -0.05) is 75.3 Å². The van der Waals surface area contributed by atoms with Gasteiger partial charge in [-0.3, -0.25) is 19.2 Å². The number of nitrogen functional groups attached to an aromatic ring is 1. The average Bonchev–Trinajstić information content (AvgIpc) is 3.71. The Kier molecular flexibility index (Phi) is 6.61. The summed E-state index contributed by atoms with van der Waals surface area (Å²) >= 11 is 0. The molecule has 1 aromatic heterocycles.